The molecule has 2 aliphatic rings. The Morgan fingerprint density at radius 1 is 1.20 bits per heavy atom. The topological polar surface area (TPSA) is 104 Å². The fourth-order valence-corrected chi connectivity index (χ4v) is 4.44. The van der Waals surface area contributed by atoms with Gasteiger partial charge >= 0.3 is 0 Å². The highest BCUT2D eigenvalue weighted by Crippen LogP contribution is 2.25. The molecule has 0 aliphatic carbocycles. The van der Waals surface area contributed by atoms with Gasteiger partial charge in [-0.3, -0.25) is 9.69 Å². The highest BCUT2D eigenvalue weighted by Gasteiger charge is 2.41. The van der Waals surface area contributed by atoms with Crippen LogP contribution in [0.25, 0.3) is 0 Å². The third-order valence-corrected chi connectivity index (χ3v) is 6.06. The third-order valence-electron chi connectivity index (χ3n) is 5.38. The van der Waals surface area contributed by atoms with Gasteiger partial charge in [-0.25, -0.2) is 0 Å². The van der Waals surface area contributed by atoms with Crippen molar-refractivity contribution in [2.45, 2.75) is 37.2 Å². The summed E-state index contributed by atoms with van der Waals surface area (Å²) < 4.78 is 0. The molecule has 2 fully saturated rings. The smallest absolute Gasteiger partial charge is 0.254 e. The Bertz CT molecular complexity index is 561. The molecule has 2 aliphatic heterocycles. The molecule has 1 aromatic heterocycles. The second-order valence-corrected chi connectivity index (χ2v) is 7.78. The number of rotatable bonds is 4. The lowest BCUT2D eigenvalue weighted by Crippen LogP contribution is -2.63. The van der Waals surface area contributed by atoms with E-state index in [9.17, 15) is 25.2 Å². The van der Waals surface area contributed by atoms with Gasteiger partial charge in [0.15, 0.2) is 0 Å². The zero-order valence-corrected chi connectivity index (χ0v) is 14.9. The first-order chi connectivity index (χ1) is 12.0. The highest BCUT2D eigenvalue weighted by molar-refractivity contribution is 7.08. The fourth-order valence-electron chi connectivity index (χ4n) is 3.81. The van der Waals surface area contributed by atoms with Crippen LogP contribution in [0.2, 0.25) is 0 Å². The maximum atomic E-state index is 12.4. The van der Waals surface area contributed by atoms with Gasteiger partial charge in [-0.05, 0) is 30.2 Å². The van der Waals surface area contributed by atoms with Gasteiger partial charge < -0.3 is 25.3 Å². The Kier molecular flexibility index (Phi) is 6.08. The fraction of sp³-hybridized carbons (Fsp3) is 0.706. The summed E-state index contributed by atoms with van der Waals surface area (Å²) in [4.78, 5) is 16.1. The van der Waals surface area contributed by atoms with Gasteiger partial charge in [-0.2, -0.15) is 11.3 Å². The molecule has 4 atom stereocenters. The Labute approximate surface area is 151 Å². The second kappa shape index (κ2) is 8.11. The summed E-state index contributed by atoms with van der Waals surface area (Å²) in [6.07, 6.45) is -1.70. The van der Waals surface area contributed by atoms with E-state index >= 15 is 0 Å². The molecule has 140 valence electrons. The lowest BCUT2D eigenvalue weighted by atomic mass is 9.90. The number of aliphatic hydroxyl groups excluding tert-OH is 4. The Morgan fingerprint density at radius 2 is 1.92 bits per heavy atom. The largest absolute Gasteiger partial charge is 0.395 e. The number of carbonyl (C=O) groups is 1. The number of aliphatic hydroxyl groups is 4. The maximum absolute atomic E-state index is 12.4. The quantitative estimate of drug-likeness (QED) is 0.562. The predicted molar refractivity (Wildman–Crippen MR) is 93.4 cm³/mol. The molecule has 2 saturated heterocycles. The van der Waals surface area contributed by atoms with Crippen molar-refractivity contribution in [2.24, 2.45) is 5.92 Å². The SMILES string of the molecule is O=C(c1ccsc1)N1CCC(CN2C[C@H](O)[C@@H](O)[C@H](O)[C@@H]2CO)CC1. The van der Waals surface area contributed by atoms with Gasteiger partial charge in [0.05, 0.1) is 24.3 Å². The van der Waals surface area contributed by atoms with Gasteiger partial charge in [0, 0.05) is 31.6 Å². The monoisotopic (exact) mass is 370 g/mol. The van der Waals surface area contributed by atoms with Crippen molar-refractivity contribution in [3.63, 3.8) is 0 Å². The van der Waals surface area contributed by atoms with Crippen LogP contribution in [0, 0.1) is 5.92 Å². The first-order valence-corrected chi connectivity index (χ1v) is 9.66. The van der Waals surface area contributed by atoms with Gasteiger partial charge in [0.1, 0.15) is 12.2 Å². The molecule has 25 heavy (non-hydrogen) atoms. The van der Waals surface area contributed by atoms with Crippen molar-refractivity contribution in [3.8, 4) is 0 Å². The number of β-amino-alcohol motifs (C(OH)–C–C–N with tert-alkyl or cyclic N) is 1. The molecule has 1 aromatic rings. The molecule has 1 amide bonds. The van der Waals surface area contributed by atoms with E-state index in [1.54, 1.807) is 0 Å². The van der Waals surface area contributed by atoms with Gasteiger partial charge in [-0.15, -0.1) is 0 Å². The molecule has 0 bridgehead atoms. The Hall–Kier alpha value is -1.03. The van der Waals surface area contributed by atoms with E-state index in [0.717, 1.165) is 18.4 Å². The molecule has 0 spiro atoms. The van der Waals surface area contributed by atoms with Crippen molar-refractivity contribution in [1.82, 2.24) is 9.80 Å². The van der Waals surface area contributed by atoms with Crippen LogP contribution in [0.4, 0.5) is 0 Å². The zero-order valence-electron chi connectivity index (χ0n) is 14.1. The number of likely N-dealkylation sites (tertiary alicyclic amines) is 2. The zero-order chi connectivity index (χ0) is 18.0. The normalized spacial score (nSPS) is 32.1. The number of piperidine rings is 2. The number of thiophene rings is 1. The molecule has 0 radical (unpaired) electrons. The molecule has 4 N–H and O–H groups in total. The van der Waals surface area contributed by atoms with Gasteiger partial charge in [0.25, 0.3) is 5.91 Å². The highest BCUT2D eigenvalue weighted by atomic mass is 32.1. The van der Waals surface area contributed by atoms with Crippen molar-refractivity contribution < 1.29 is 25.2 Å². The van der Waals surface area contributed by atoms with Crippen LogP contribution in [-0.2, 0) is 0 Å². The molecule has 7 nitrogen and oxygen atoms in total. The molecule has 0 unspecified atom stereocenters. The predicted octanol–water partition coefficient (Wildman–Crippen LogP) is -0.641. The summed E-state index contributed by atoms with van der Waals surface area (Å²) in [5.41, 5.74) is 0.736. The van der Waals surface area contributed by atoms with E-state index in [-0.39, 0.29) is 19.1 Å². The van der Waals surface area contributed by atoms with Crippen LogP contribution in [0.15, 0.2) is 16.8 Å². The lowest BCUT2D eigenvalue weighted by Gasteiger charge is -2.45. The number of carbonyl (C=O) groups excluding carboxylic acids is 1. The Morgan fingerprint density at radius 3 is 2.52 bits per heavy atom. The van der Waals surface area contributed by atoms with E-state index in [1.807, 2.05) is 26.6 Å². The van der Waals surface area contributed by atoms with Crippen LogP contribution in [0.1, 0.15) is 23.2 Å². The maximum Gasteiger partial charge on any atom is 0.254 e. The second-order valence-electron chi connectivity index (χ2n) is 7.00. The standard InChI is InChI=1S/C17H26N2O5S/c20-9-13-15(22)16(23)14(21)8-19(13)7-11-1-4-18(5-2-11)17(24)12-3-6-25-10-12/h3,6,10-11,13-16,20-23H,1-2,4-5,7-9H2/t13-,14-,15+,16+/m0/s1. The minimum atomic E-state index is -1.22. The van der Waals surface area contributed by atoms with Crippen LogP contribution in [0.3, 0.4) is 0 Å². The summed E-state index contributed by atoms with van der Waals surface area (Å²) in [6.45, 7) is 1.97. The summed E-state index contributed by atoms with van der Waals surface area (Å²) in [6, 6.07) is 1.27. The number of nitrogens with zero attached hydrogens (tertiary/aromatic N) is 2. The van der Waals surface area contributed by atoms with Crippen molar-refractivity contribution in [2.75, 3.05) is 32.8 Å². The molecular formula is C17H26N2O5S. The van der Waals surface area contributed by atoms with E-state index in [2.05, 4.69) is 0 Å². The first kappa shape index (κ1) is 18.8. The number of amides is 1. The van der Waals surface area contributed by atoms with Crippen LogP contribution >= 0.6 is 11.3 Å². The van der Waals surface area contributed by atoms with Crippen molar-refractivity contribution >= 4 is 17.2 Å². The third kappa shape index (κ3) is 4.05. The number of hydrogen-bond donors (Lipinski definition) is 4. The lowest BCUT2D eigenvalue weighted by molar-refractivity contribution is -0.148. The van der Waals surface area contributed by atoms with Crippen molar-refractivity contribution in [3.05, 3.63) is 22.4 Å². The average Bonchev–Trinajstić information content (AvgIpc) is 3.15. The molecule has 3 rings (SSSR count). The van der Waals surface area contributed by atoms with Crippen LogP contribution < -0.4 is 0 Å². The summed E-state index contributed by atoms with van der Waals surface area (Å²) >= 11 is 1.51. The average molecular weight is 370 g/mol. The van der Waals surface area contributed by atoms with Gasteiger partial charge in [0.2, 0.25) is 0 Å². The Balaban J connectivity index is 1.54. The molecule has 0 saturated carbocycles. The first-order valence-electron chi connectivity index (χ1n) is 8.71. The summed E-state index contributed by atoms with van der Waals surface area (Å²) in [5, 5.41) is 43.0. The van der Waals surface area contributed by atoms with Gasteiger partial charge in [-0.1, -0.05) is 0 Å². The molecule has 8 heteroatoms. The van der Waals surface area contributed by atoms with E-state index in [1.165, 1.54) is 11.3 Å². The molecular weight excluding hydrogens is 344 g/mol. The van der Waals surface area contributed by atoms with E-state index < -0.39 is 24.4 Å². The van der Waals surface area contributed by atoms with Crippen molar-refractivity contribution in [1.29, 1.82) is 0 Å². The number of hydrogen-bond acceptors (Lipinski definition) is 7. The summed E-state index contributed by atoms with van der Waals surface area (Å²) in [7, 11) is 0. The minimum Gasteiger partial charge on any atom is -0.395 e. The minimum absolute atomic E-state index is 0.0693. The molecule has 0 aromatic carbocycles. The van der Waals surface area contributed by atoms with Crippen LogP contribution in [0.5, 0.6) is 0 Å². The summed E-state index contributed by atoms with van der Waals surface area (Å²) in [5.74, 6) is 0.398. The van der Waals surface area contributed by atoms with E-state index in [4.69, 9.17) is 0 Å². The van der Waals surface area contributed by atoms with Crippen LogP contribution in [-0.4, -0.2) is 93.3 Å². The van der Waals surface area contributed by atoms with E-state index in [0.29, 0.717) is 25.6 Å². The molecule has 3 heterocycles.